The number of thiazole rings is 1. The molecule has 0 aliphatic heterocycles. The second-order valence-electron chi connectivity index (χ2n) is 4.84. The lowest BCUT2D eigenvalue weighted by Crippen LogP contribution is -2.31. The Morgan fingerprint density at radius 2 is 2.17 bits per heavy atom. The fourth-order valence-electron chi connectivity index (χ4n) is 1.44. The van der Waals surface area contributed by atoms with Crippen molar-refractivity contribution in [2.24, 2.45) is 11.1 Å². The van der Waals surface area contributed by atoms with Gasteiger partial charge in [-0.15, -0.1) is 11.3 Å². The van der Waals surface area contributed by atoms with E-state index in [2.05, 4.69) is 11.1 Å². The molecule has 0 unspecified atom stereocenters. The smallest absolute Gasteiger partial charge is 0.151 e. The molecular formula is C13H17N3S2. The van der Waals surface area contributed by atoms with E-state index in [4.69, 9.17) is 11.1 Å². The van der Waals surface area contributed by atoms with Crippen molar-refractivity contribution < 1.29 is 0 Å². The predicted octanol–water partition coefficient (Wildman–Crippen LogP) is 3.74. The zero-order chi connectivity index (χ0) is 13.2. The molecule has 0 spiro atoms. The van der Waals surface area contributed by atoms with Gasteiger partial charge in [0.2, 0.25) is 0 Å². The molecule has 0 aliphatic carbocycles. The maximum atomic E-state index is 7.52. The number of amidine groups is 1. The Hall–Kier alpha value is -1.07. The molecule has 1 aromatic carbocycles. The van der Waals surface area contributed by atoms with Gasteiger partial charge in [-0.1, -0.05) is 37.7 Å². The van der Waals surface area contributed by atoms with Gasteiger partial charge >= 0.3 is 0 Å². The third-order valence-electron chi connectivity index (χ3n) is 2.96. The molecule has 0 amide bonds. The van der Waals surface area contributed by atoms with Crippen molar-refractivity contribution in [1.82, 2.24) is 4.98 Å². The molecule has 5 heteroatoms. The molecule has 0 saturated carbocycles. The summed E-state index contributed by atoms with van der Waals surface area (Å²) in [5.74, 6) is 1.19. The highest BCUT2D eigenvalue weighted by Crippen LogP contribution is 2.31. The summed E-state index contributed by atoms with van der Waals surface area (Å²) in [6.45, 7) is 4.02. The van der Waals surface area contributed by atoms with Crippen LogP contribution in [0, 0.1) is 10.8 Å². The van der Waals surface area contributed by atoms with E-state index in [-0.39, 0.29) is 11.3 Å². The van der Waals surface area contributed by atoms with Gasteiger partial charge in [0.15, 0.2) is 4.34 Å². The number of rotatable bonds is 5. The van der Waals surface area contributed by atoms with E-state index in [1.807, 2.05) is 32.0 Å². The van der Waals surface area contributed by atoms with Gasteiger partial charge in [0.05, 0.1) is 16.1 Å². The van der Waals surface area contributed by atoms with E-state index < -0.39 is 0 Å². The first kappa shape index (κ1) is 13.4. The second-order valence-corrected chi connectivity index (χ2v) is 7.22. The molecule has 3 nitrogen and oxygen atoms in total. The van der Waals surface area contributed by atoms with Crippen LogP contribution in [-0.4, -0.2) is 16.6 Å². The molecule has 1 heterocycles. The Balaban J connectivity index is 1.96. The van der Waals surface area contributed by atoms with E-state index in [9.17, 15) is 0 Å². The minimum absolute atomic E-state index is 0.219. The Kier molecular flexibility index (Phi) is 3.92. The van der Waals surface area contributed by atoms with Crippen LogP contribution in [0.1, 0.15) is 20.3 Å². The Bertz CT molecular complexity index is 527. The summed E-state index contributed by atoms with van der Waals surface area (Å²) in [6, 6.07) is 8.18. The number of benzene rings is 1. The van der Waals surface area contributed by atoms with E-state index in [0.717, 1.165) is 22.0 Å². The third kappa shape index (κ3) is 3.03. The molecular weight excluding hydrogens is 262 g/mol. The van der Waals surface area contributed by atoms with Crippen molar-refractivity contribution in [3.63, 3.8) is 0 Å². The van der Waals surface area contributed by atoms with Crippen LogP contribution in [0.15, 0.2) is 28.6 Å². The van der Waals surface area contributed by atoms with Crippen molar-refractivity contribution >= 4 is 39.2 Å². The minimum Gasteiger partial charge on any atom is -0.387 e. The highest BCUT2D eigenvalue weighted by atomic mass is 32.2. The van der Waals surface area contributed by atoms with Crippen LogP contribution in [0.2, 0.25) is 0 Å². The van der Waals surface area contributed by atoms with E-state index in [1.165, 1.54) is 4.70 Å². The number of nitrogens with one attached hydrogen (secondary N) is 1. The first-order valence-corrected chi connectivity index (χ1v) is 7.62. The summed E-state index contributed by atoms with van der Waals surface area (Å²) in [5.41, 5.74) is 6.42. The molecule has 18 heavy (non-hydrogen) atoms. The first-order valence-electron chi connectivity index (χ1n) is 5.82. The maximum absolute atomic E-state index is 7.52. The molecule has 0 bridgehead atoms. The van der Waals surface area contributed by atoms with Crippen LogP contribution in [-0.2, 0) is 0 Å². The van der Waals surface area contributed by atoms with E-state index >= 15 is 0 Å². The highest BCUT2D eigenvalue weighted by molar-refractivity contribution is 8.01. The van der Waals surface area contributed by atoms with Gasteiger partial charge in [-0.05, 0) is 18.6 Å². The van der Waals surface area contributed by atoms with E-state index in [1.54, 1.807) is 23.1 Å². The average molecular weight is 279 g/mol. The topological polar surface area (TPSA) is 62.8 Å². The number of nitrogens with zero attached hydrogens (tertiary/aromatic N) is 1. The number of nitrogens with two attached hydrogens (primary N) is 1. The lowest BCUT2D eigenvalue weighted by atomic mass is 9.89. The molecule has 96 valence electrons. The monoisotopic (exact) mass is 279 g/mol. The number of hydrogen-bond donors (Lipinski definition) is 2. The second kappa shape index (κ2) is 5.28. The molecule has 0 fully saturated rings. The summed E-state index contributed by atoms with van der Waals surface area (Å²) in [6.07, 6.45) is 0.892. The summed E-state index contributed by atoms with van der Waals surface area (Å²) in [5, 5.41) is 7.52. The quantitative estimate of drug-likeness (QED) is 0.498. The fraction of sp³-hybridized carbons (Fsp3) is 0.385. The first-order chi connectivity index (χ1) is 8.49. The lowest BCUT2D eigenvalue weighted by Gasteiger charge is -2.21. The summed E-state index contributed by atoms with van der Waals surface area (Å²) in [7, 11) is 0. The van der Waals surface area contributed by atoms with Crippen LogP contribution in [0.25, 0.3) is 10.2 Å². The van der Waals surface area contributed by atoms with Crippen LogP contribution in [0.3, 0.4) is 0 Å². The van der Waals surface area contributed by atoms with Crippen molar-refractivity contribution in [2.45, 2.75) is 24.6 Å². The number of thioether (sulfide) groups is 1. The molecule has 0 saturated heterocycles. The SMILES string of the molecule is CC(C)(CCSc1nc2ccccc2s1)C(=N)N. The molecule has 0 atom stereocenters. The molecule has 2 aromatic rings. The lowest BCUT2D eigenvalue weighted by molar-refractivity contribution is 0.500. The zero-order valence-electron chi connectivity index (χ0n) is 10.6. The van der Waals surface area contributed by atoms with Crippen molar-refractivity contribution in [1.29, 1.82) is 5.41 Å². The van der Waals surface area contributed by atoms with Crippen LogP contribution in [0.4, 0.5) is 0 Å². The molecule has 1 aromatic heterocycles. The van der Waals surface area contributed by atoms with Crippen LogP contribution >= 0.6 is 23.1 Å². The number of fused-ring (bicyclic) bond motifs is 1. The number of para-hydroxylation sites is 1. The number of hydrogen-bond acceptors (Lipinski definition) is 4. The Morgan fingerprint density at radius 3 is 2.83 bits per heavy atom. The average Bonchev–Trinajstić information content (AvgIpc) is 2.70. The van der Waals surface area contributed by atoms with Gasteiger partial charge in [-0.25, -0.2) is 4.98 Å². The molecule has 2 rings (SSSR count). The highest BCUT2D eigenvalue weighted by Gasteiger charge is 2.21. The van der Waals surface area contributed by atoms with Gasteiger partial charge in [-0.3, -0.25) is 5.41 Å². The Labute approximate surface area is 115 Å². The third-order valence-corrected chi connectivity index (χ3v) is 5.14. The van der Waals surface area contributed by atoms with Gasteiger partial charge in [0, 0.05) is 11.2 Å². The van der Waals surface area contributed by atoms with Gasteiger partial charge in [0.1, 0.15) is 0 Å². The normalized spacial score (nSPS) is 11.9. The van der Waals surface area contributed by atoms with Crippen molar-refractivity contribution in [3.05, 3.63) is 24.3 Å². The maximum Gasteiger partial charge on any atom is 0.151 e. The van der Waals surface area contributed by atoms with E-state index in [0.29, 0.717) is 0 Å². The molecule has 0 aliphatic rings. The van der Waals surface area contributed by atoms with Crippen LogP contribution in [0.5, 0.6) is 0 Å². The van der Waals surface area contributed by atoms with Gasteiger partial charge in [-0.2, -0.15) is 0 Å². The minimum atomic E-state index is -0.219. The van der Waals surface area contributed by atoms with Gasteiger partial charge in [0.25, 0.3) is 0 Å². The van der Waals surface area contributed by atoms with Crippen molar-refractivity contribution in [2.75, 3.05) is 5.75 Å². The summed E-state index contributed by atoms with van der Waals surface area (Å²) in [4.78, 5) is 4.57. The summed E-state index contributed by atoms with van der Waals surface area (Å²) < 4.78 is 2.32. The summed E-state index contributed by atoms with van der Waals surface area (Å²) >= 11 is 3.47. The fourth-order valence-corrected chi connectivity index (χ4v) is 3.84. The standard InChI is InChI=1S/C13H17N3S2/c1-13(2,11(14)15)7-8-17-12-16-9-5-3-4-6-10(9)18-12/h3-6H,7-8H2,1-2H3,(H3,14,15). The Morgan fingerprint density at radius 1 is 1.44 bits per heavy atom. The van der Waals surface area contributed by atoms with Gasteiger partial charge < -0.3 is 5.73 Å². The predicted molar refractivity (Wildman–Crippen MR) is 80.7 cm³/mol. The van der Waals surface area contributed by atoms with Crippen LogP contribution < -0.4 is 5.73 Å². The largest absolute Gasteiger partial charge is 0.387 e. The van der Waals surface area contributed by atoms with Crippen molar-refractivity contribution in [3.8, 4) is 0 Å². The number of aromatic nitrogens is 1. The molecule has 3 N–H and O–H groups in total. The zero-order valence-corrected chi connectivity index (χ0v) is 12.2. The molecule has 0 radical (unpaired) electrons.